The molecule has 5 heteroatoms. The van der Waals surface area contributed by atoms with Gasteiger partial charge in [-0.3, -0.25) is 9.59 Å². The fourth-order valence-corrected chi connectivity index (χ4v) is 1.59. The average molecular weight is 255 g/mol. The fourth-order valence-electron chi connectivity index (χ4n) is 1.59. The normalized spacial score (nSPS) is 9.74. The number of rotatable bonds is 3. The predicted molar refractivity (Wildman–Crippen MR) is 72.0 cm³/mol. The van der Waals surface area contributed by atoms with Crippen molar-refractivity contribution in [2.45, 2.75) is 0 Å². The largest absolute Gasteiger partial charge is 0.355 e. The van der Waals surface area contributed by atoms with Gasteiger partial charge in [-0.25, -0.2) is 4.98 Å². The molecule has 1 aromatic heterocycles. The summed E-state index contributed by atoms with van der Waals surface area (Å²) in [5.74, 6) is -0.350. The second-order valence-electron chi connectivity index (χ2n) is 3.80. The van der Waals surface area contributed by atoms with Gasteiger partial charge in [0, 0.05) is 18.8 Å². The molecule has 2 amide bonds. The number of aromatic nitrogens is 1. The molecule has 0 fully saturated rings. The maximum Gasteiger partial charge on any atom is 0.256 e. The Kier molecular flexibility index (Phi) is 3.87. The molecule has 0 bridgehead atoms. The van der Waals surface area contributed by atoms with Gasteiger partial charge in [0.05, 0.1) is 5.56 Å². The van der Waals surface area contributed by atoms with Gasteiger partial charge in [0.1, 0.15) is 5.82 Å². The highest BCUT2D eigenvalue weighted by atomic mass is 16.2. The third-order valence-corrected chi connectivity index (χ3v) is 2.55. The van der Waals surface area contributed by atoms with Gasteiger partial charge in [0.25, 0.3) is 11.8 Å². The lowest BCUT2D eigenvalue weighted by atomic mass is 10.2. The van der Waals surface area contributed by atoms with Crippen LogP contribution in [0.15, 0.2) is 48.7 Å². The molecule has 0 saturated heterocycles. The predicted octanol–water partition coefficient (Wildman–Crippen LogP) is 1.69. The molecule has 0 saturated carbocycles. The summed E-state index contributed by atoms with van der Waals surface area (Å²) >= 11 is 0. The lowest BCUT2D eigenvalue weighted by Gasteiger charge is -2.08. The van der Waals surface area contributed by atoms with Crippen LogP contribution in [0.2, 0.25) is 0 Å². The first-order chi connectivity index (χ1) is 9.22. The van der Waals surface area contributed by atoms with E-state index in [1.807, 2.05) is 6.07 Å². The third kappa shape index (κ3) is 2.95. The van der Waals surface area contributed by atoms with E-state index in [4.69, 9.17) is 0 Å². The molecular weight excluding hydrogens is 242 g/mol. The summed E-state index contributed by atoms with van der Waals surface area (Å²) in [5.41, 5.74) is 0.838. The lowest BCUT2D eigenvalue weighted by molar-refractivity contribution is 0.0963. The minimum absolute atomic E-state index is 0.246. The molecule has 5 nitrogen and oxygen atoms in total. The van der Waals surface area contributed by atoms with E-state index in [2.05, 4.69) is 15.6 Å². The molecule has 0 radical (unpaired) electrons. The molecule has 0 atom stereocenters. The Hall–Kier alpha value is -2.69. The van der Waals surface area contributed by atoms with Gasteiger partial charge in [-0.05, 0) is 24.3 Å². The van der Waals surface area contributed by atoms with Crippen LogP contribution >= 0.6 is 0 Å². The number of nitrogens with zero attached hydrogens (tertiary/aromatic N) is 1. The third-order valence-electron chi connectivity index (χ3n) is 2.55. The molecule has 1 heterocycles. The highest BCUT2D eigenvalue weighted by Gasteiger charge is 2.13. The van der Waals surface area contributed by atoms with E-state index in [0.29, 0.717) is 11.1 Å². The van der Waals surface area contributed by atoms with Crippen molar-refractivity contribution in [1.29, 1.82) is 0 Å². The van der Waals surface area contributed by atoms with Crippen molar-refractivity contribution in [3.8, 4) is 0 Å². The van der Waals surface area contributed by atoms with Gasteiger partial charge < -0.3 is 10.6 Å². The van der Waals surface area contributed by atoms with Gasteiger partial charge in [-0.2, -0.15) is 0 Å². The SMILES string of the molecule is CNC(=O)c1cccnc1NC(=O)c1ccccc1. The minimum Gasteiger partial charge on any atom is -0.355 e. The van der Waals surface area contributed by atoms with Crippen LogP contribution in [0, 0.1) is 0 Å². The zero-order valence-electron chi connectivity index (χ0n) is 10.4. The Morgan fingerprint density at radius 1 is 1.00 bits per heavy atom. The number of anilines is 1. The Morgan fingerprint density at radius 3 is 2.42 bits per heavy atom. The summed E-state index contributed by atoms with van der Waals surface area (Å²) in [6.07, 6.45) is 1.52. The van der Waals surface area contributed by atoms with Gasteiger partial charge in [-0.1, -0.05) is 18.2 Å². The first-order valence-corrected chi connectivity index (χ1v) is 5.76. The molecule has 0 unspecified atom stereocenters. The summed E-state index contributed by atoms with van der Waals surface area (Å²) in [6, 6.07) is 12.0. The number of nitrogens with one attached hydrogen (secondary N) is 2. The summed E-state index contributed by atoms with van der Waals surface area (Å²) in [6.45, 7) is 0. The van der Waals surface area contributed by atoms with Crippen molar-refractivity contribution in [2.75, 3.05) is 12.4 Å². The number of hydrogen-bond acceptors (Lipinski definition) is 3. The standard InChI is InChI=1S/C14H13N3O2/c1-15-14(19)11-8-5-9-16-12(11)17-13(18)10-6-3-2-4-7-10/h2-9H,1H3,(H,15,19)(H,16,17,18). The molecule has 19 heavy (non-hydrogen) atoms. The highest BCUT2D eigenvalue weighted by molar-refractivity contribution is 6.08. The Morgan fingerprint density at radius 2 is 1.74 bits per heavy atom. The monoisotopic (exact) mass is 255 g/mol. The van der Waals surface area contributed by atoms with Crippen LogP contribution in [-0.4, -0.2) is 23.8 Å². The molecule has 2 aromatic rings. The van der Waals surface area contributed by atoms with E-state index >= 15 is 0 Å². The number of carbonyl (C=O) groups excluding carboxylic acids is 2. The molecule has 0 aliphatic rings. The molecule has 2 rings (SSSR count). The van der Waals surface area contributed by atoms with Gasteiger partial charge >= 0.3 is 0 Å². The van der Waals surface area contributed by atoms with Crippen LogP contribution in [0.25, 0.3) is 0 Å². The zero-order valence-corrected chi connectivity index (χ0v) is 10.4. The second-order valence-corrected chi connectivity index (χ2v) is 3.80. The van der Waals surface area contributed by atoms with Crippen molar-refractivity contribution in [3.05, 3.63) is 59.8 Å². The summed E-state index contributed by atoms with van der Waals surface area (Å²) < 4.78 is 0. The first kappa shape index (κ1) is 12.8. The van der Waals surface area contributed by atoms with Crippen molar-refractivity contribution >= 4 is 17.6 Å². The van der Waals surface area contributed by atoms with Crippen LogP contribution in [0.1, 0.15) is 20.7 Å². The number of benzene rings is 1. The molecule has 96 valence electrons. The topological polar surface area (TPSA) is 71.1 Å². The summed E-state index contributed by atoms with van der Waals surface area (Å²) in [4.78, 5) is 27.7. The van der Waals surface area contributed by atoms with E-state index < -0.39 is 0 Å². The van der Waals surface area contributed by atoms with E-state index in [-0.39, 0.29) is 17.6 Å². The Labute approximate surface area is 110 Å². The van der Waals surface area contributed by atoms with Crippen LogP contribution in [-0.2, 0) is 0 Å². The maximum absolute atomic E-state index is 12.0. The number of hydrogen-bond donors (Lipinski definition) is 2. The lowest BCUT2D eigenvalue weighted by Crippen LogP contribution is -2.22. The molecular formula is C14H13N3O2. The molecule has 2 N–H and O–H groups in total. The van der Waals surface area contributed by atoms with Gasteiger partial charge in [0.2, 0.25) is 0 Å². The van der Waals surface area contributed by atoms with E-state index in [9.17, 15) is 9.59 Å². The molecule has 0 spiro atoms. The molecule has 0 aliphatic heterocycles. The second kappa shape index (κ2) is 5.77. The Balaban J connectivity index is 2.25. The van der Waals surface area contributed by atoms with E-state index in [1.165, 1.54) is 13.2 Å². The average Bonchev–Trinajstić information content (AvgIpc) is 2.48. The van der Waals surface area contributed by atoms with Crippen molar-refractivity contribution in [1.82, 2.24) is 10.3 Å². The van der Waals surface area contributed by atoms with Crippen molar-refractivity contribution in [2.24, 2.45) is 0 Å². The van der Waals surface area contributed by atoms with Crippen molar-refractivity contribution in [3.63, 3.8) is 0 Å². The minimum atomic E-state index is -0.301. The highest BCUT2D eigenvalue weighted by Crippen LogP contribution is 2.12. The smallest absolute Gasteiger partial charge is 0.256 e. The first-order valence-electron chi connectivity index (χ1n) is 5.76. The van der Waals surface area contributed by atoms with Crippen LogP contribution in [0.3, 0.4) is 0 Å². The quantitative estimate of drug-likeness (QED) is 0.876. The number of pyridine rings is 1. The van der Waals surface area contributed by atoms with E-state index in [0.717, 1.165) is 0 Å². The van der Waals surface area contributed by atoms with Crippen LogP contribution in [0.5, 0.6) is 0 Å². The van der Waals surface area contributed by atoms with Gasteiger partial charge in [0.15, 0.2) is 0 Å². The summed E-state index contributed by atoms with van der Waals surface area (Å²) in [5, 5.41) is 5.14. The zero-order chi connectivity index (χ0) is 13.7. The fraction of sp³-hybridized carbons (Fsp3) is 0.0714. The van der Waals surface area contributed by atoms with Crippen LogP contribution < -0.4 is 10.6 Å². The van der Waals surface area contributed by atoms with Crippen molar-refractivity contribution < 1.29 is 9.59 Å². The molecule has 0 aliphatic carbocycles. The summed E-state index contributed by atoms with van der Waals surface area (Å²) in [7, 11) is 1.53. The number of amides is 2. The molecule has 1 aromatic carbocycles. The van der Waals surface area contributed by atoms with E-state index in [1.54, 1.807) is 36.4 Å². The van der Waals surface area contributed by atoms with Crippen LogP contribution in [0.4, 0.5) is 5.82 Å². The Bertz CT molecular complexity index is 597. The maximum atomic E-state index is 12.0. The number of carbonyl (C=O) groups is 2. The van der Waals surface area contributed by atoms with Gasteiger partial charge in [-0.15, -0.1) is 0 Å².